The number of hydrogen-bond acceptors (Lipinski definition) is 4. The second kappa shape index (κ2) is 20.9. The zero-order valence-corrected chi connectivity index (χ0v) is 59.8. The zero-order valence-electron chi connectivity index (χ0n) is 50.9. The first kappa shape index (κ1) is 57.4. The van der Waals surface area contributed by atoms with E-state index >= 15 is 0 Å². The third kappa shape index (κ3) is 8.99. The number of para-hydroxylation sites is 3. The minimum absolute atomic E-state index is 0. The van der Waals surface area contributed by atoms with Crippen LogP contribution >= 0.6 is 11.3 Å². The molecule has 3 aromatic heterocycles. The van der Waals surface area contributed by atoms with Gasteiger partial charge in [0, 0.05) is 59.3 Å². The first-order valence-corrected chi connectivity index (χ1v) is 30.5. The molecule has 8 heteroatoms. The Hall–Kier alpha value is -7.38. The van der Waals surface area contributed by atoms with Crippen molar-refractivity contribution < 1.29 is 59.0 Å². The van der Waals surface area contributed by atoms with Crippen molar-refractivity contribution in [1.29, 1.82) is 0 Å². The summed E-state index contributed by atoms with van der Waals surface area (Å²) in [4.78, 5) is 4.95. The van der Waals surface area contributed by atoms with Crippen LogP contribution in [0.5, 0.6) is 0 Å². The minimum atomic E-state index is -0.293. The Balaban J connectivity index is 0.00000333. The van der Waals surface area contributed by atoms with Crippen LogP contribution in [0.25, 0.3) is 91.9 Å². The standard InChI is InChI=1S/C79H62BN3OS.2Cd/c1-47-62(79(8,9)10)45-69-74-75(47)83(54-38-30-48(31-39-54)55-24-19-29-72-73(55)59-23-15-17-28-71(59)85-72)66-41-35-51(78(5,6)7)43-63(66)80(74)64-44-61-60-42-50(77(2,3)4)34-40-65(60)81(52-20-12-11-13-21-52)67(61)46-68(64)82(69)53-36-32-49(33-37-53)56-25-18-26-58-57-22-14-16-27-70(57)84-76(56)58;;/h11-37,40,42-46H,1H2,2-10H3;;/q-4;2*+2. The van der Waals surface area contributed by atoms with Gasteiger partial charge in [-0.3, -0.25) is 12.1 Å². The monoisotopic (exact) mass is 1340 g/mol. The molecule has 0 atom stereocenters. The number of aromatic nitrogens is 1. The van der Waals surface area contributed by atoms with Crippen LogP contribution in [-0.4, -0.2) is 11.3 Å². The van der Waals surface area contributed by atoms with Gasteiger partial charge in [0.25, 0.3) is 0 Å². The second-order valence-corrected chi connectivity index (χ2v) is 27.6. The molecular formula is C79H62BCd2N3OS. The molecule has 16 rings (SSSR count). The van der Waals surface area contributed by atoms with E-state index in [2.05, 4.69) is 289 Å². The minimum Gasteiger partial charge on any atom is -0.455 e. The van der Waals surface area contributed by atoms with Gasteiger partial charge in [-0.2, -0.15) is 36.2 Å². The van der Waals surface area contributed by atoms with Crippen LogP contribution in [0.15, 0.2) is 205 Å². The SMILES string of the molecule is [CH2-]c1c(C(C)(C)C)cc2c3c1N(c1[c-]cc(-c4cccc5sc6ccccc6c45)c[c-]1)c1[c-]cc(C(C)(C)C)cc1B3c1cc3c4cc(C(C)(C)C)ccc4n(-c4ccccc4)c3cc1N2c1ccc(-c2cccc3c2oc2ccccc23)cc1.[Cd+2].[Cd+2]. The third-order valence-electron chi connectivity index (χ3n) is 18.2. The number of hydrogen-bond donors (Lipinski definition) is 0. The Bertz CT molecular complexity index is 5090. The fraction of sp³-hybridized carbons (Fsp3) is 0.152. The molecule has 0 aliphatic carbocycles. The zero-order chi connectivity index (χ0) is 58.0. The van der Waals surface area contributed by atoms with Crippen molar-refractivity contribution in [3.63, 3.8) is 0 Å². The predicted octanol–water partition coefficient (Wildman–Crippen LogP) is 19.9. The molecule has 2 aliphatic rings. The largest absolute Gasteiger partial charge is 2.00 e. The molecule has 0 spiro atoms. The fourth-order valence-corrected chi connectivity index (χ4v) is 15.1. The Morgan fingerprint density at radius 2 is 1.15 bits per heavy atom. The van der Waals surface area contributed by atoms with E-state index in [1.807, 2.05) is 17.4 Å². The molecule has 4 nitrogen and oxygen atoms in total. The molecule has 2 aliphatic heterocycles. The van der Waals surface area contributed by atoms with E-state index in [4.69, 9.17) is 11.3 Å². The van der Waals surface area contributed by atoms with E-state index in [-0.39, 0.29) is 77.6 Å². The molecule has 0 amide bonds. The van der Waals surface area contributed by atoms with Crippen molar-refractivity contribution in [3.05, 3.63) is 248 Å². The topological polar surface area (TPSA) is 24.6 Å². The Labute approximate surface area is 554 Å². The van der Waals surface area contributed by atoms with E-state index in [0.29, 0.717) is 0 Å². The number of rotatable bonds is 5. The maximum Gasteiger partial charge on any atom is 2.00 e. The number of anilines is 6. The van der Waals surface area contributed by atoms with E-state index in [9.17, 15) is 0 Å². The summed E-state index contributed by atoms with van der Waals surface area (Å²) in [5.41, 5.74) is 23.6. The normalized spacial score (nSPS) is 13.1. The molecule has 0 saturated carbocycles. The summed E-state index contributed by atoms with van der Waals surface area (Å²) < 4.78 is 11.7. The quantitative estimate of drug-likeness (QED) is 0.127. The third-order valence-corrected chi connectivity index (χ3v) is 19.3. The van der Waals surface area contributed by atoms with E-state index < -0.39 is 0 Å². The Kier molecular flexibility index (Phi) is 13.8. The van der Waals surface area contributed by atoms with Crippen LogP contribution < -0.4 is 26.2 Å². The predicted molar refractivity (Wildman–Crippen MR) is 363 cm³/mol. The van der Waals surface area contributed by atoms with Gasteiger partial charge < -0.3 is 30.9 Å². The van der Waals surface area contributed by atoms with Crippen LogP contribution in [0.4, 0.5) is 34.1 Å². The number of furan rings is 1. The van der Waals surface area contributed by atoms with Crippen LogP contribution in [0.3, 0.4) is 0 Å². The van der Waals surface area contributed by atoms with Crippen molar-refractivity contribution in [3.8, 4) is 27.9 Å². The molecule has 0 radical (unpaired) electrons. The van der Waals surface area contributed by atoms with Crippen LogP contribution in [0.1, 0.15) is 84.6 Å². The molecule has 0 N–H and O–H groups in total. The number of nitrogens with zero attached hydrogens (tertiary/aromatic N) is 3. The van der Waals surface area contributed by atoms with Gasteiger partial charge in [0.1, 0.15) is 11.2 Å². The van der Waals surface area contributed by atoms with E-state index in [1.165, 1.54) is 75.1 Å². The summed E-state index contributed by atoms with van der Waals surface area (Å²) in [6, 6.07) is 85.8. The average Bonchev–Trinajstić information content (AvgIpc) is 1.18. The molecule has 0 saturated heterocycles. The summed E-state index contributed by atoms with van der Waals surface area (Å²) in [6.45, 7) is 25.8. The number of thiophene rings is 1. The summed E-state index contributed by atoms with van der Waals surface area (Å²) in [5, 5.41) is 7.23. The van der Waals surface area contributed by atoms with Crippen molar-refractivity contribution in [2.24, 2.45) is 0 Å². The van der Waals surface area contributed by atoms with Gasteiger partial charge in [0.05, 0.1) is 11.0 Å². The van der Waals surface area contributed by atoms with Crippen LogP contribution in [0.2, 0.25) is 0 Å². The number of fused-ring (bicyclic) bond motifs is 13. The molecule has 0 bridgehead atoms. The van der Waals surface area contributed by atoms with Gasteiger partial charge in [0.2, 0.25) is 0 Å². The first-order valence-electron chi connectivity index (χ1n) is 29.7. The van der Waals surface area contributed by atoms with Crippen molar-refractivity contribution >= 4 is 132 Å². The maximum atomic E-state index is 6.65. The van der Waals surface area contributed by atoms with Gasteiger partial charge >= 0.3 is 54.6 Å². The van der Waals surface area contributed by atoms with E-state index in [0.717, 1.165) is 89.5 Å². The van der Waals surface area contributed by atoms with Gasteiger partial charge in [0.15, 0.2) is 6.71 Å². The van der Waals surface area contributed by atoms with Crippen molar-refractivity contribution in [2.45, 2.75) is 78.6 Å². The van der Waals surface area contributed by atoms with Crippen molar-refractivity contribution in [1.82, 2.24) is 4.57 Å². The van der Waals surface area contributed by atoms with Gasteiger partial charge in [-0.05, 0) is 88.0 Å². The van der Waals surface area contributed by atoms with E-state index in [1.54, 1.807) is 0 Å². The first-order chi connectivity index (χ1) is 41.0. The Morgan fingerprint density at radius 1 is 0.483 bits per heavy atom. The van der Waals surface area contributed by atoms with Gasteiger partial charge in [-0.15, -0.1) is 27.9 Å². The Morgan fingerprint density at radius 3 is 1.90 bits per heavy atom. The molecule has 14 aromatic rings. The van der Waals surface area contributed by atoms with Crippen LogP contribution in [0, 0.1) is 25.1 Å². The molecule has 5 heterocycles. The molecule has 87 heavy (non-hydrogen) atoms. The number of benzene rings is 11. The van der Waals surface area contributed by atoms with Gasteiger partial charge in [-0.1, -0.05) is 211 Å². The maximum absolute atomic E-state index is 6.65. The molecular weight excluding hydrogens is 1270 g/mol. The fourth-order valence-electron chi connectivity index (χ4n) is 13.9. The summed E-state index contributed by atoms with van der Waals surface area (Å²) >= 11 is 1.85. The molecule has 0 fully saturated rings. The molecule has 11 aromatic carbocycles. The summed E-state index contributed by atoms with van der Waals surface area (Å²) in [5.74, 6) is 0. The second-order valence-electron chi connectivity index (χ2n) is 26.5. The van der Waals surface area contributed by atoms with Crippen molar-refractivity contribution in [2.75, 3.05) is 9.80 Å². The molecule has 412 valence electrons. The molecule has 0 unspecified atom stereocenters. The van der Waals surface area contributed by atoms with Crippen LogP contribution in [-0.2, 0) is 70.8 Å². The van der Waals surface area contributed by atoms with Gasteiger partial charge in [-0.25, -0.2) is 11.3 Å². The summed E-state index contributed by atoms with van der Waals surface area (Å²) in [7, 11) is 0. The smallest absolute Gasteiger partial charge is 0.455 e. The summed E-state index contributed by atoms with van der Waals surface area (Å²) in [6.07, 6.45) is 0. The average molecular weight is 1340 g/mol.